The van der Waals surface area contributed by atoms with E-state index < -0.39 is 29.5 Å². The fraction of sp³-hybridized carbons (Fsp3) is 0.120. The third kappa shape index (κ3) is 4.50. The van der Waals surface area contributed by atoms with E-state index in [1.807, 2.05) is 0 Å². The average molecular weight is 472 g/mol. The Kier molecular flexibility index (Phi) is 5.99. The minimum absolute atomic E-state index is 0.138. The summed E-state index contributed by atoms with van der Waals surface area (Å²) in [5.74, 6) is -2.20. The number of hydrogen-bond donors (Lipinski definition) is 1. The van der Waals surface area contributed by atoms with Crippen molar-refractivity contribution in [3.8, 4) is 0 Å². The Morgan fingerprint density at radius 2 is 1.61 bits per heavy atom. The van der Waals surface area contributed by atoms with E-state index in [2.05, 4.69) is 0 Å². The molecule has 0 saturated carbocycles. The summed E-state index contributed by atoms with van der Waals surface area (Å²) in [6.45, 7) is -0.245. The van der Waals surface area contributed by atoms with Gasteiger partial charge < -0.3 is 10.0 Å². The smallest absolute Gasteiger partial charge is 0.416 e. The summed E-state index contributed by atoms with van der Waals surface area (Å²) in [6, 6.07) is 18.3. The molecule has 33 heavy (non-hydrogen) atoms. The second-order valence-electron chi connectivity index (χ2n) is 7.54. The normalized spacial score (nSPS) is 18.1. The van der Waals surface area contributed by atoms with Crippen LogP contribution in [0.5, 0.6) is 0 Å². The van der Waals surface area contributed by atoms with Gasteiger partial charge in [0.1, 0.15) is 5.76 Å². The molecule has 1 N–H and O–H groups in total. The lowest BCUT2D eigenvalue weighted by Crippen LogP contribution is -2.29. The molecule has 1 amide bonds. The van der Waals surface area contributed by atoms with Crippen LogP contribution in [0.15, 0.2) is 84.4 Å². The lowest BCUT2D eigenvalue weighted by atomic mass is 9.95. The van der Waals surface area contributed by atoms with Gasteiger partial charge in [0.25, 0.3) is 11.7 Å². The van der Waals surface area contributed by atoms with Crippen molar-refractivity contribution in [2.24, 2.45) is 0 Å². The molecule has 0 spiro atoms. The molecule has 0 aliphatic carbocycles. The molecule has 1 fully saturated rings. The molecule has 168 valence electrons. The molecule has 8 heteroatoms. The maximum atomic E-state index is 13.2. The molecule has 1 unspecified atom stereocenters. The predicted octanol–water partition coefficient (Wildman–Crippen LogP) is 5.98. The quantitative estimate of drug-likeness (QED) is 0.289. The fourth-order valence-corrected chi connectivity index (χ4v) is 3.96. The van der Waals surface area contributed by atoms with Crippen molar-refractivity contribution < 1.29 is 27.9 Å². The first-order valence-electron chi connectivity index (χ1n) is 9.92. The van der Waals surface area contributed by atoms with Crippen LogP contribution in [-0.2, 0) is 22.3 Å². The van der Waals surface area contributed by atoms with Gasteiger partial charge in [-0.15, -0.1) is 0 Å². The molecule has 1 heterocycles. The van der Waals surface area contributed by atoms with Crippen LogP contribution in [0.3, 0.4) is 0 Å². The third-order valence-electron chi connectivity index (χ3n) is 5.38. The van der Waals surface area contributed by atoms with Crippen molar-refractivity contribution in [2.45, 2.75) is 18.8 Å². The number of carbonyl (C=O) groups excluding carboxylic acids is 2. The molecular formula is C25H17ClF3NO3. The first-order chi connectivity index (χ1) is 15.7. The number of hydrogen-bond acceptors (Lipinski definition) is 3. The second-order valence-corrected chi connectivity index (χ2v) is 7.98. The van der Waals surface area contributed by atoms with Crippen molar-refractivity contribution in [2.75, 3.05) is 0 Å². The number of Topliss-reactive ketones (excluding diaryl/α,β-unsaturated/α-hetero) is 1. The van der Waals surface area contributed by atoms with Crippen LogP contribution >= 0.6 is 11.6 Å². The van der Waals surface area contributed by atoms with E-state index in [0.29, 0.717) is 10.6 Å². The number of ketones is 1. The van der Waals surface area contributed by atoms with E-state index in [0.717, 1.165) is 12.1 Å². The van der Waals surface area contributed by atoms with E-state index in [1.54, 1.807) is 30.3 Å². The standard InChI is InChI=1S/C25H17ClF3NO3/c26-19-11-9-17(10-12-19)22(31)20-21(16-6-2-1-3-7-16)30(24(33)23(20)32)14-15-5-4-8-18(13-15)25(27,28)29/h1-13,21,31H,14H2/b22-20+. The maximum Gasteiger partial charge on any atom is 0.416 e. The number of rotatable bonds is 4. The van der Waals surface area contributed by atoms with E-state index in [1.165, 1.54) is 41.3 Å². The molecule has 3 aromatic carbocycles. The second kappa shape index (κ2) is 8.75. The Morgan fingerprint density at radius 3 is 2.24 bits per heavy atom. The van der Waals surface area contributed by atoms with Crippen LogP contribution in [0.2, 0.25) is 5.02 Å². The number of amides is 1. The van der Waals surface area contributed by atoms with Gasteiger partial charge in [-0.2, -0.15) is 13.2 Å². The molecule has 0 aromatic heterocycles. The summed E-state index contributed by atoms with van der Waals surface area (Å²) in [5, 5.41) is 11.4. The molecule has 1 aliphatic rings. The number of alkyl halides is 3. The minimum Gasteiger partial charge on any atom is -0.507 e. The Labute approximate surface area is 192 Å². The Balaban J connectivity index is 1.82. The lowest BCUT2D eigenvalue weighted by molar-refractivity contribution is -0.140. The topological polar surface area (TPSA) is 57.6 Å². The lowest BCUT2D eigenvalue weighted by Gasteiger charge is -2.25. The first kappa shape index (κ1) is 22.6. The summed E-state index contributed by atoms with van der Waals surface area (Å²) >= 11 is 5.90. The van der Waals surface area contributed by atoms with Gasteiger partial charge in [0.15, 0.2) is 0 Å². The van der Waals surface area contributed by atoms with Gasteiger partial charge in [0.05, 0.1) is 17.2 Å². The van der Waals surface area contributed by atoms with E-state index in [9.17, 15) is 27.9 Å². The van der Waals surface area contributed by atoms with Crippen molar-refractivity contribution in [1.82, 2.24) is 4.90 Å². The van der Waals surface area contributed by atoms with Crippen molar-refractivity contribution in [3.05, 3.63) is 112 Å². The molecule has 4 nitrogen and oxygen atoms in total. The van der Waals surface area contributed by atoms with Crippen LogP contribution < -0.4 is 0 Å². The van der Waals surface area contributed by atoms with Crippen molar-refractivity contribution >= 4 is 29.1 Å². The average Bonchev–Trinajstić information content (AvgIpc) is 3.04. The highest BCUT2D eigenvalue weighted by Crippen LogP contribution is 2.40. The summed E-state index contributed by atoms with van der Waals surface area (Å²) in [6.07, 6.45) is -4.54. The molecule has 1 saturated heterocycles. The molecule has 0 bridgehead atoms. The van der Waals surface area contributed by atoms with Crippen molar-refractivity contribution in [1.29, 1.82) is 0 Å². The van der Waals surface area contributed by atoms with Crippen LogP contribution in [0.4, 0.5) is 13.2 Å². The van der Waals surface area contributed by atoms with Gasteiger partial charge in [0.2, 0.25) is 0 Å². The highest BCUT2D eigenvalue weighted by molar-refractivity contribution is 6.46. The van der Waals surface area contributed by atoms with Gasteiger partial charge in [-0.05, 0) is 47.5 Å². The maximum absolute atomic E-state index is 13.2. The number of halogens is 4. The third-order valence-corrected chi connectivity index (χ3v) is 5.63. The van der Waals surface area contributed by atoms with Crippen LogP contribution in [0, 0.1) is 0 Å². The van der Waals surface area contributed by atoms with Gasteiger partial charge in [-0.3, -0.25) is 9.59 Å². The van der Waals surface area contributed by atoms with Crippen LogP contribution in [0.25, 0.3) is 5.76 Å². The Morgan fingerprint density at radius 1 is 0.939 bits per heavy atom. The predicted molar refractivity (Wildman–Crippen MR) is 117 cm³/mol. The molecule has 1 atom stereocenters. The van der Waals surface area contributed by atoms with Gasteiger partial charge in [0, 0.05) is 17.1 Å². The monoisotopic (exact) mass is 471 g/mol. The largest absolute Gasteiger partial charge is 0.507 e. The summed E-state index contributed by atoms with van der Waals surface area (Å²) < 4.78 is 39.5. The van der Waals surface area contributed by atoms with E-state index in [-0.39, 0.29) is 29.0 Å². The Hall–Kier alpha value is -3.58. The number of likely N-dealkylation sites (tertiary alicyclic amines) is 1. The van der Waals surface area contributed by atoms with Crippen LogP contribution in [-0.4, -0.2) is 21.7 Å². The van der Waals surface area contributed by atoms with Gasteiger partial charge >= 0.3 is 6.18 Å². The number of aliphatic hydroxyl groups excluding tert-OH is 1. The number of carbonyl (C=O) groups is 2. The van der Waals surface area contributed by atoms with Gasteiger partial charge in [-0.1, -0.05) is 54.1 Å². The number of benzene rings is 3. The summed E-state index contributed by atoms with van der Waals surface area (Å²) in [5.41, 5.74) is 0.0465. The van der Waals surface area contributed by atoms with Crippen molar-refractivity contribution in [3.63, 3.8) is 0 Å². The zero-order valence-electron chi connectivity index (χ0n) is 17.0. The summed E-state index contributed by atoms with van der Waals surface area (Å²) in [7, 11) is 0. The van der Waals surface area contributed by atoms with Crippen LogP contribution in [0.1, 0.15) is 28.3 Å². The SMILES string of the molecule is O=C1C(=O)N(Cc2cccc(C(F)(F)F)c2)C(c2ccccc2)/C1=C(\O)c1ccc(Cl)cc1. The zero-order valence-corrected chi connectivity index (χ0v) is 17.8. The first-order valence-corrected chi connectivity index (χ1v) is 10.3. The molecule has 1 aliphatic heterocycles. The molecule has 4 rings (SSSR count). The van der Waals surface area contributed by atoms with Gasteiger partial charge in [-0.25, -0.2) is 0 Å². The molecule has 0 radical (unpaired) electrons. The number of aliphatic hydroxyl groups is 1. The molecular weight excluding hydrogens is 455 g/mol. The number of nitrogens with zero attached hydrogens (tertiary/aromatic N) is 1. The zero-order chi connectivity index (χ0) is 23.8. The molecule has 3 aromatic rings. The highest BCUT2D eigenvalue weighted by Gasteiger charge is 2.46. The van der Waals surface area contributed by atoms with E-state index in [4.69, 9.17) is 11.6 Å². The van der Waals surface area contributed by atoms with E-state index >= 15 is 0 Å². The summed E-state index contributed by atoms with van der Waals surface area (Å²) in [4.78, 5) is 27.1. The minimum atomic E-state index is -4.54. The fourth-order valence-electron chi connectivity index (χ4n) is 3.83. The highest BCUT2D eigenvalue weighted by atomic mass is 35.5. The Bertz CT molecular complexity index is 1240.